The molecule has 1 aromatic carbocycles. The zero-order chi connectivity index (χ0) is 18.4. The largest absolute Gasteiger partial charge is 0.508 e. The number of phenolic OH excluding ortho intramolecular Hbond substituents is 2. The van der Waals surface area contributed by atoms with Crippen LogP contribution in [-0.4, -0.2) is 52.6 Å². The molecule has 2 rings (SSSR count). The molecule has 1 fully saturated rings. The predicted octanol–water partition coefficient (Wildman–Crippen LogP) is 0.951. The van der Waals surface area contributed by atoms with Crippen LogP contribution in [0.4, 0.5) is 0 Å². The quantitative estimate of drug-likeness (QED) is 0.587. The smallest absolute Gasteiger partial charge is 0.237 e. The summed E-state index contributed by atoms with van der Waals surface area (Å²) in [6.45, 7) is 6.56. The van der Waals surface area contributed by atoms with Crippen molar-refractivity contribution in [3.63, 3.8) is 0 Å². The van der Waals surface area contributed by atoms with E-state index in [1.807, 2.05) is 0 Å². The van der Waals surface area contributed by atoms with Crippen molar-refractivity contribution >= 4 is 11.8 Å². The zero-order valence-corrected chi connectivity index (χ0v) is 14.8. The van der Waals surface area contributed by atoms with Crippen LogP contribution in [0.15, 0.2) is 18.2 Å². The van der Waals surface area contributed by atoms with Crippen LogP contribution in [0.5, 0.6) is 11.5 Å². The van der Waals surface area contributed by atoms with Gasteiger partial charge in [-0.3, -0.25) is 14.5 Å². The van der Waals surface area contributed by atoms with Crippen LogP contribution in [0, 0.1) is 5.92 Å². The number of aromatic hydroxyl groups is 2. The number of amides is 2. The Kier molecular flexibility index (Phi) is 6.64. The van der Waals surface area contributed by atoms with Gasteiger partial charge in [-0.2, -0.15) is 0 Å². The highest BCUT2D eigenvalue weighted by atomic mass is 16.3. The van der Waals surface area contributed by atoms with Crippen molar-refractivity contribution in [1.29, 1.82) is 0 Å². The van der Waals surface area contributed by atoms with E-state index < -0.39 is 6.04 Å². The Morgan fingerprint density at radius 2 is 2.16 bits per heavy atom. The number of piperazine rings is 1. The lowest BCUT2D eigenvalue weighted by Crippen LogP contribution is -2.56. The summed E-state index contributed by atoms with van der Waals surface area (Å²) in [6.07, 6.45) is 1.07. The summed E-state index contributed by atoms with van der Waals surface area (Å²) in [7, 11) is 0. The van der Waals surface area contributed by atoms with Crippen molar-refractivity contribution in [3.8, 4) is 11.5 Å². The summed E-state index contributed by atoms with van der Waals surface area (Å²) in [5.41, 5.74) is 0.510. The van der Waals surface area contributed by atoms with Gasteiger partial charge in [0.1, 0.15) is 11.5 Å². The number of carbonyl (C=O) groups excluding carboxylic acids is 2. The van der Waals surface area contributed by atoms with Crippen molar-refractivity contribution < 1.29 is 19.8 Å². The molecule has 4 N–H and O–H groups in total. The van der Waals surface area contributed by atoms with Crippen molar-refractivity contribution in [2.24, 2.45) is 5.92 Å². The van der Waals surface area contributed by atoms with Crippen LogP contribution in [0.2, 0.25) is 0 Å². The Morgan fingerprint density at radius 1 is 1.40 bits per heavy atom. The summed E-state index contributed by atoms with van der Waals surface area (Å²) in [6, 6.07) is 3.77. The topological polar surface area (TPSA) is 102 Å². The third-order valence-corrected chi connectivity index (χ3v) is 4.36. The molecule has 1 aliphatic heterocycles. The molecule has 0 bridgehead atoms. The second-order valence-electron chi connectivity index (χ2n) is 6.82. The third kappa shape index (κ3) is 5.63. The molecule has 0 aliphatic carbocycles. The number of hydrogen-bond donors (Lipinski definition) is 4. The number of benzene rings is 1. The molecule has 1 aromatic rings. The number of nitrogens with one attached hydrogen (secondary N) is 2. The lowest BCUT2D eigenvalue weighted by molar-refractivity contribution is -0.134. The van der Waals surface area contributed by atoms with Gasteiger partial charge in [0.2, 0.25) is 11.8 Å². The maximum Gasteiger partial charge on any atom is 0.237 e. The summed E-state index contributed by atoms with van der Waals surface area (Å²) < 4.78 is 0. The van der Waals surface area contributed by atoms with Gasteiger partial charge in [-0.25, -0.2) is 0 Å². The number of carbonyl (C=O) groups is 2. The Hall–Kier alpha value is -2.28. The first kappa shape index (κ1) is 19.1. The first-order valence-corrected chi connectivity index (χ1v) is 8.66. The van der Waals surface area contributed by atoms with E-state index >= 15 is 0 Å². The highest BCUT2D eigenvalue weighted by molar-refractivity contribution is 5.88. The molecule has 2 amide bonds. The first-order valence-electron chi connectivity index (χ1n) is 8.66. The second kappa shape index (κ2) is 8.71. The van der Waals surface area contributed by atoms with Crippen LogP contribution >= 0.6 is 0 Å². The minimum atomic E-state index is -0.457. The van der Waals surface area contributed by atoms with Gasteiger partial charge in [-0.05, 0) is 31.0 Å². The van der Waals surface area contributed by atoms with E-state index in [-0.39, 0.29) is 36.3 Å². The van der Waals surface area contributed by atoms with Gasteiger partial charge >= 0.3 is 0 Å². The molecule has 0 unspecified atom stereocenters. The lowest BCUT2D eigenvalue weighted by Gasteiger charge is -2.35. The predicted molar refractivity (Wildman–Crippen MR) is 94.1 cm³/mol. The van der Waals surface area contributed by atoms with Crippen LogP contribution in [0.3, 0.4) is 0 Å². The van der Waals surface area contributed by atoms with Gasteiger partial charge in [0.25, 0.3) is 0 Å². The molecule has 7 heteroatoms. The SMILES string of the molecule is CC(C)CCN1CCNC(=O)[C@@H]1CC(=O)NCc1ccc(O)cc1O. The molecule has 25 heavy (non-hydrogen) atoms. The van der Waals surface area contributed by atoms with Gasteiger partial charge in [0.15, 0.2) is 0 Å². The molecule has 1 saturated heterocycles. The molecular weight excluding hydrogens is 322 g/mol. The Bertz CT molecular complexity index is 618. The fourth-order valence-corrected chi connectivity index (χ4v) is 2.82. The van der Waals surface area contributed by atoms with Gasteiger partial charge in [-0.1, -0.05) is 13.8 Å². The lowest BCUT2D eigenvalue weighted by atomic mass is 10.1. The number of hydrogen-bond acceptors (Lipinski definition) is 5. The van der Waals surface area contributed by atoms with Crippen LogP contribution in [0.25, 0.3) is 0 Å². The van der Waals surface area contributed by atoms with Crippen LogP contribution < -0.4 is 10.6 Å². The van der Waals surface area contributed by atoms with Crippen molar-refractivity contribution in [3.05, 3.63) is 23.8 Å². The van der Waals surface area contributed by atoms with Gasteiger partial charge in [0, 0.05) is 31.3 Å². The molecular formula is C18H27N3O4. The maximum absolute atomic E-state index is 12.2. The summed E-state index contributed by atoms with van der Waals surface area (Å²) in [5, 5.41) is 24.6. The van der Waals surface area contributed by atoms with Gasteiger partial charge in [-0.15, -0.1) is 0 Å². The fourth-order valence-electron chi connectivity index (χ4n) is 2.82. The minimum Gasteiger partial charge on any atom is -0.508 e. The van der Waals surface area contributed by atoms with Gasteiger partial charge < -0.3 is 20.8 Å². The molecule has 0 saturated carbocycles. The Labute approximate surface area is 148 Å². The summed E-state index contributed by atoms with van der Waals surface area (Å²) >= 11 is 0. The third-order valence-electron chi connectivity index (χ3n) is 4.36. The van der Waals surface area contributed by atoms with E-state index in [0.717, 1.165) is 19.5 Å². The number of phenols is 2. The molecule has 1 atom stereocenters. The molecule has 138 valence electrons. The molecule has 0 aromatic heterocycles. The van der Waals surface area contributed by atoms with Crippen molar-refractivity contribution in [2.45, 2.75) is 39.3 Å². The van der Waals surface area contributed by atoms with Crippen LogP contribution in [-0.2, 0) is 16.1 Å². The highest BCUT2D eigenvalue weighted by Gasteiger charge is 2.31. The summed E-state index contributed by atoms with van der Waals surface area (Å²) in [5.74, 6) is 0.0696. The van der Waals surface area contributed by atoms with Crippen molar-refractivity contribution in [2.75, 3.05) is 19.6 Å². The zero-order valence-electron chi connectivity index (χ0n) is 14.8. The Balaban J connectivity index is 1.90. The molecule has 0 radical (unpaired) electrons. The maximum atomic E-state index is 12.2. The highest BCUT2D eigenvalue weighted by Crippen LogP contribution is 2.22. The average molecular weight is 349 g/mol. The van der Waals surface area contributed by atoms with Crippen molar-refractivity contribution in [1.82, 2.24) is 15.5 Å². The molecule has 1 heterocycles. The van der Waals surface area contributed by atoms with E-state index in [4.69, 9.17) is 0 Å². The molecule has 7 nitrogen and oxygen atoms in total. The average Bonchev–Trinajstić information content (AvgIpc) is 2.54. The van der Waals surface area contributed by atoms with E-state index in [0.29, 0.717) is 18.0 Å². The number of rotatable bonds is 7. The summed E-state index contributed by atoms with van der Waals surface area (Å²) in [4.78, 5) is 26.5. The molecule has 1 aliphatic rings. The van der Waals surface area contributed by atoms with E-state index in [2.05, 4.69) is 29.4 Å². The van der Waals surface area contributed by atoms with Gasteiger partial charge in [0.05, 0.1) is 12.5 Å². The minimum absolute atomic E-state index is 0.0350. The monoisotopic (exact) mass is 349 g/mol. The normalized spacial score (nSPS) is 18.2. The second-order valence-corrected chi connectivity index (χ2v) is 6.82. The number of nitrogens with zero attached hydrogens (tertiary/aromatic N) is 1. The fraction of sp³-hybridized carbons (Fsp3) is 0.556. The first-order chi connectivity index (χ1) is 11.9. The molecule has 0 spiro atoms. The van der Waals surface area contributed by atoms with E-state index in [1.165, 1.54) is 12.1 Å². The van der Waals surface area contributed by atoms with Crippen LogP contribution in [0.1, 0.15) is 32.3 Å². The standard InChI is InChI=1S/C18H27N3O4/c1-12(2)5-7-21-8-6-19-18(25)15(21)10-17(24)20-11-13-3-4-14(22)9-16(13)23/h3-4,9,12,15,22-23H,5-8,10-11H2,1-2H3,(H,19,25)(H,20,24)/t15-/m0/s1. The van der Waals surface area contributed by atoms with E-state index in [1.54, 1.807) is 6.07 Å². The van der Waals surface area contributed by atoms with E-state index in [9.17, 15) is 19.8 Å². The Morgan fingerprint density at radius 3 is 2.84 bits per heavy atom.